The number of rotatable bonds is 5. The minimum atomic E-state index is -0.571. The van der Waals surface area contributed by atoms with Crippen LogP contribution in [-0.2, 0) is 4.79 Å². The van der Waals surface area contributed by atoms with Gasteiger partial charge in [0.25, 0.3) is 5.91 Å². The predicted octanol–water partition coefficient (Wildman–Crippen LogP) is 3.35. The van der Waals surface area contributed by atoms with Crippen molar-refractivity contribution in [1.29, 1.82) is 5.26 Å². The number of carbonyl (C=O) groups is 1. The molecule has 4 nitrogen and oxygen atoms in total. The maximum Gasteiger partial charge on any atom is 0.265 e. The number of nitrogens with one attached hydrogen (secondary N) is 1. The van der Waals surface area contributed by atoms with Gasteiger partial charge in [0.15, 0.2) is 6.10 Å². The Kier molecular flexibility index (Phi) is 4.94. The Labute approximate surface area is 124 Å². The fourth-order valence-electron chi connectivity index (χ4n) is 1.87. The summed E-state index contributed by atoms with van der Waals surface area (Å²) in [5.74, 6) is 0.432. The third kappa shape index (κ3) is 4.08. The summed E-state index contributed by atoms with van der Waals surface area (Å²) in [6.45, 7) is 1.89. The molecule has 1 amide bonds. The van der Waals surface area contributed by atoms with Crippen LogP contribution in [0.3, 0.4) is 0 Å². The fourth-order valence-corrected chi connectivity index (χ4v) is 1.87. The lowest BCUT2D eigenvalue weighted by molar-refractivity contribution is -0.122. The van der Waals surface area contributed by atoms with Gasteiger partial charge in [0, 0.05) is 5.69 Å². The Bertz CT molecular complexity index is 647. The van der Waals surface area contributed by atoms with E-state index in [1.807, 2.05) is 43.3 Å². The molecule has 1 atom stereocenters. The first-order chi connectivity index (χ1) is 10.2. The molecule has 0 bridgehead atoms. The molecule has 106 valence electrons. The van der Waals surface area contributed by atoms with Crippen molar-refractivity contribution in [2.24, 2.45) is 0 Å². The number of para-hydroxylation sites is 1. The van der Waals surface area contributed by atoms with Gasteiger partial charge in [-0.3, -0.25) is 4.79 Å². The third-order valence-corrected chi connectivity index (χ3v) is 2.94. The van der Waals surface area contributed by atoms with E-state index in [-0.39, 0.29) is 5.91 Å². The van der Waals surface area contributed by atoms with Gasteiger partial charge in [-0.2, -0.15) is 5.26 Å². The molecule has 0 heterocycles. The molecular weight excluding hydrogens is 264 g/mol. The number of nitrogens with zero attached hydrogens (tertiary/aromatic N) is 1. The molecule has 0 saturated heterocycles. The Morgan fingerprint density at radius 3 is 2.67 bits per heavy atom. The molecule has 0 aliphatic heterocycles. The van der Waals surface area contributed by atoms with Crippen LogP contribution in [0.25, 0.3) is 0 Å². The molecule has 2 aromatic carbocycles. The van der Waals surface area contributed by atoms with Crippen molar-refractivity contribution >= 4 is 11.6 Å². The summed E-state index contributed by atoms with van der Waals surface area (Å²) in [6.07, 6.45) is -0.0169. The van der Waals surface area contributed by atoms with Crippen LogP contribution in [-0.4, -0.2) is 12.0 Å². The van der Waals surface area contributed by atoms with Crippen LogP contribution in [0.1, 0.15) is 18.9 Å². The van der Waals surface area contributed by atoms with Gasteiger partial charge in [-0.1, -0.05) is 31.2 Å². The van der Waals surface area contributed by atoms with Gasteiger partial charge < -0.3 is 10.1 Å². The van der Waals surface area contributed by atoms with E-state index in [9.17, 15) is 4.79 Å². The van der Waals surface area contributed by atoms with Gasteiger partial charge in [-0.05, 0) is 36.8 Å². The highest BCUT2D eigenvalue weighted by Crippen LogP contribution is 2.15. The van der Waals surface area contributed by atoms with Crippen LogP contribution >= 0.6 is 0 Å². The fraction of sp³-hybridized carbons (Fsp3) is 0.176. The van der Waals surface area contributed by atoms with E-state index in [1.165, 1.54) is 0 Å². The molecular formula is C17H16N2O2. The van der Waals surface area contributed by atoms with Gasteiger partial charge in [0.1, 0.15) is 5.75 Å². The zero-order valence-corrected chi connectivity index (χ0v) is 11.7. The number of carbonyl (C=O) groups excluding carboxylic acids is 1. The number of benzene rings is 2. The largest absolute Gasteiger partial charge is 0.481 e. The first kappa shape index (κ1) is 14.6. The number of amides is 1. The molecule has 4 heteroatoms. The minimum absolute atomic E-state index is 0.226. The third-order valence-electron chi connectivity index (χ3n) is 2.94. The summed E-state index contributed by atoms with van der Waals surface area (Å²) in [6, 6.07) is 18.1. The van der Waals surface area contributed by atoms with Gasteiger partial charge in [-0.15, -0.1) is 0 Å². The second-order valence-electron chi connectivity index (χ2n) is 4.51. The molecule has 0 radical (unpaired) electrons. The van der Waals surface area contributed by atoms with Crippen LogP contribution in [0.5, 0.6) is 5.75 Å². The molecule has 2 aromatic rings. The molecule has 0 fully saturated rings. The summed E-state index contributed by atoms with van der Waals surface area (Å²) in [5.41, 5.74) is 1.10. The average Bonchev–Trinajstić information content (AvgIpc) is 2.53. The highest BCUT2D eigenvalue weighted by molar-refractivity contribution is 5.94. The van der Waals surface area contributed by atoms with E-state index in [0.717, 1.165) is 0 Å². The number of nitriles is 1. The lowest BCUT2D eigenvalue weighted by Gasteiger charge is -2.17. The summed E-state index contributed by atoms with van der Waals surface area (Å²) >= 11 is 0. The summed E-state index contributed by atoms with van der Waals surface area (Å²) in [4.78, 5) is 12.2. The van der Waals surface area contributed by atoms with E-state index in [0.29, 0.717) is 23.4 Å². The lowest BCUT2D eigenvalue weighted by Crippen LogP contribution is -2.32. The molecule has 0 unspecified atom stereocenters. The molecule has 0 aromatic heterocycles. The van der Waals surface area contributed by atoms with Crippen molar-refractivity contribution in [2.75, 3.05) is 5.32 Å². The molecule has 1 N–H and O–H groups in total. The SMILES string of the molecule is CC[C@@H](Oc1ccccc1)C(=O)Nc1cccc(C#N)c1. The van der Waals surface area contributed by atoms with Crippen molar-refractivity contribution < 1.29 is 9.53 Å². The van der Waals surface area contributed by atoms with Gasteiger partial charge in [0.05, 0.1) is 11.6 Å². The Morgan fingerprint density at radius 1 is 1.24 bits per heavy atom. The van der Waals surface area contributed by atoms with Crippen LogP contribution in [0, 0.1) is 11.3 Å². The van der Waals surface area contributed by atoms with Crippen LogP contribution in [0.4, 0.5) is 5.69 Å². The first-order valence-electron chi connectivity index (χ1n) is 6.75. The Hall–Kier alpha value is -2.80. The Balaban J connectivity index is 2.05. The molecule has 0 aliphatic rings. The predicted molar refractivity (Wildman–Crippen MR) is 80.9 cm³/mol. The minimum Gasteiger partial charge on any atom is -0.481 e. The summed E-state index contributed by atoms with van der Waals surface area (Å²) < 4.78 is 5.68. The lowest BCUT2D eigenvalue weighted by atomic mass is 10.2. The summed E-state index contributed by atoms with van der Waals surface area (Å²) in [7, 11) is 0. The maximum atomic E-state index is 12.2. The van der Waals surface area contributed by atoms with Crippen LogP contribution < -0.4 is 10.1 Å². The smallest absolute Gasteiger partial charge is 0.265 e. The van der Waals surface area contributed by atoms with Gasteiger partial charge in [-0.25, -0.2) is 0 Å². The van der Waals surface area contributed by atoms with E-state index < -0.39 is 6.10 Å². The topological polar surface area (TPSA) is 62.1 Å². The van der Waals surface area contributed by atoms with Crippen molar-refractivity contribution in [3.63, 3.8) is 0 Å². The number of ether oxygens (including phenoxy) is 1. The quantitative estimate of drug-likeness (QED) is 0.913. The van der Waals surface area contributed by atoms with E-state index in [4.69, 9.17) is 10.00 Å². The van der Waals surface area contributed by atoms with Crippen molar-refractivity contribution in [3.05, 3.63) is 60.2 Å². The standard InChI is InChI=1S/C17H16N2O2/c1-2-16(21-15-9-4-3-5-10-15)17(20)19-14-8-6-7-13(11-14)12-18/h3-11,16H,2H2,1H3,(H,19,20)/t16-/m1/s1. The molecule has 0 spiro atoms. The molecule has 0 aliphatic carbocycles. The van der Waals surface area contributed by atoms with E-state index in [2.05, 4.69) is 5.32 Å². The monoisotopic (exact) mass is 280 g/mol. The average molecular weight is 280 g/mol. The van der Waals surface area contributed by atoms with Gasteiger partial charge >= 0.3 is 0 Å². The maximum absolute atomic E-state index is 12.2. The summed E-state index contributed by atoms with van der Waals surface area (Å²) in [5, 5.41) is 11.6. The molecule has 2 rings (SSSR count). The second kappa shape index (κ2) is 7.11. The highest BCUT2D eigenvalue weighted by atomic mass is 16.5. The van der Waals surface area contributed by atoms with Gasteiger partial charge in [0.2, 0.25) is 0 Å². The Morgan fingerprint density at radius 2 is 2.00 bits per heavy atom. The zero-order valence-electron chi connectivity index (χ0n) is 11.7. The highest BCUT2D eigenvalue weighted by Gasteiger charge is 2.18. The van der Waals surface area contributed by atoms with Crippen molar-refractivity contribution in [3.8, 4) is 11.8 Å². The van der Waals surface area contributed by atoms with Crippen molar-refractivity contribution in [2.45, 2.75) is 19.4 Å². The first-order valence-corrected chi connectivity index (χ1v) is 6.75. The second-order valence-corrected chi connectivity index (χ2v) is 4.51. The van der Waals surface area contributed by atoms with Crippen molar-refractivity contribution in [1.82, 2.24) is 0 Å². The molecule has 0 saturated carbocycles. The zero-order chi connectivity index (χ0) is 15.1. The number of anilines is 1. The van der Waals surface area contributed by atoms with E-state index in [1.54, 1.807) is 24.3 Å². The number of hydrogen-bond donors (Lipinski definition) is 1. The van der Waals surface area contributed by atoms with Crippen LogP contribution in [0.15, 0.2) is 54.6 Å². The normalized spacial score (nSPS) is 11.2. The molecule has 21 heavy (non-hydrogen) atoms. The van der Waals surface area contributed by atoms with E-state index >= 15 is 0 Å². The number of hydrogen-bond acceptors (Lipinski definition) is 3. The van der Waals surface area contributed by atoms with Crippen LogP contribution in [0.2, 0.25) is 0 Å².